The first-order valence-electron chi connectivity index (χ1n) is 4.70. The summed E-state index contributed by atoms with van der Waals surface area (Å²) in [5, 5.41) is 0. The van der Waals surface area contributed by atoms with Gasteiger partial charge in [-0.1, -0.05) is 0 Å². The number of hydrogen-bond acceptors (Lipinski definition) is 2. The highest BCUT2D eigenvalue weighted by molar-refractivity contribution is 5.50. The summed E-state index contributed by atoms with van der Waals surface area (Å²) in [6, 6.07) is 0.219. The Kier molecular flexibility index (Phi) is 4.28. The second kappa shape index (κ2) is 5.27. The van der Waals surface area contributed by atoms with E-state index in [2.05, 4.69) is 0 Å². The van der Waals surface area contributed by atoms with E-state index in [-0.39, 0.29) is 12.5 Å². The molecule has 13 heavy (non-hydrogen) atoms. The zero-order chi connectivity index (χ0) is 9.68. The van der Waals surface area contributed by atoms with E-state index in [4.69, 9.17) is 0 Å². The van der Waals surface area contributed by atoms with Crippen LogP contribution in [0.25, 0.3) is 0 Å². The monoisotopic (exact) mass is 191 g/mol. The van der Waals surface area contributed by atoms with Crippen molar-refractivity contribution in [3.8, 4) is 0 Å². The molecule has 0 amide bonds. The number of rotatable bonds is 5. The summed E-state index contributed by atoms with van der Waals surface area (Å²) in [6.07, 6.45) is 1.07. The van der Waals surface area contributed by atoms with Crippen LogP contribution in [0.15, 0.2) is 0 Å². The smallest absolute Gasteiger partial charge is 0.239 e. The highest BCUT2D eigenvalue weighted by Crippen LogP contribution is 2.19. The quantitative estimate of drug-likeness (QED) is 0.616. The standard InChI is InChI=1S/C9H15F2NO/c10-9(11)3-6-12-5-1-2-8(12)4-7-13/h7-9H,1-6H2. The van der Waals surface area contributed by atoms with E-state index in [1.807, 2.05) is 4.90 Å². The predicted octanol–water partition coefficient (Wildman–Crippen LogP) is 1.70. The van der Waals surface area contributed by atoms with Gasteiger partial charge in [-0.3, -0.25) is 4.90 Å². The molecule has 76 valence electrons. The Morgan fingerprint density at radius 1 is 1.54 bits per heavy atom. The molecule has 1 fully saturated rings. The van der Waals surface area contributed by atoms with Gasteiger partial charge in [-0.15, -0.1) is 0 Å². The number of hydrogen-bond donors (Lipinski definition) is 0. The van der Waals surface area contributed by atoms with Crippen molar-refractivity contribution in [2.75, 3.05) is 13.1 Å². The Morgan fingerprint density at radius 3 is 2.92 bits per heavy atom. The number of likely N-dealkylation sites (tertiary alicyclic amines) is 1. The number of alkyl halides is 2. The molecule has 4 heteroatoms. The van der Waals surface area contributed by atoms with E-state index in [0.29, 0.717) is 13.0 Å². The topological polar surface area (TPSA) is 20.3 Å². The number of nitrogens with zero attached hydrogens (tertiary/aromatic N) is 1. The van der Waals surface area contributed by atoms with E-state index in [0.717, 1.165) is 25.7 Å². The van der Waals surface area contributed by atoms with Crippen LogP contribution < -0.4 is 0 Å². The summed E-state index contributed by atoms with van der Waals surface area (Å²) in [6.45, 7) is 1.29. The van der Waals surface area contributed by atoms with Crippen molar-refractivity contribution in [2.45, 2.75) is 38.2 Å². The van der Waals surface area contributed by atoms with Crippen molar-refractivity contribution in [1.82, 2.24) is 4.90 Å². The average Bonchev–Trinajstić information content (AvgIpc) is 2.49. The van der Waals surface area contributed by atoms with Crippen molar-refractivity contribution in [1.29, 1.82) is 0 Å². The molecule has 1 atom stereocenters. The second-order valence-electron chi connectivity index (χ2n) is 3.41. The van der Waals surface area contributed by atoms with Crippen LogP contribution in [0.3, 0.4) is 0 Å². The van der Waals surface area contributed by atoms with Crippen LogP contribution in [-0.4, -0.2) is 36.7 Å². The predicted molar refractivity (Wildman–Crippen MR) is 45.9 cm³/mol. The highest BCUT2D eigenvalue weighted by atomic mass is 19.3. The number of carbonyl (C=O) groups is 1. The van der Waals surface area contributed by atoms with Gasteiger partial charge < -0.3 is 4.79 Å². The molecular weight excluding hydrogens is 176 g/mol. The largest absolute Gasteiger partial charge is 0.303 e. The van der Waals surface area contributed by atoms with Crippen LogP contribution in [-0.2, 0) is 4.79 Å². The van der Waals surface area contributed by atoms with Gasteiger partial charge in [0.25, 0.3) is 0 Å². The molecule has 0 aromatic rings. The maximum Gasteiger partial charge on any atom is 0.239 e. The Labute approximate surface area is 76.9 Å². The van der Waals surface area contributed by atoms with E-state index in [9.17, 15) is 13.6 Å². The molecule has 1 saturated heterocycles. The van der Waals surface area contributed by atoms with Crippen LogP contribution in [0, 0.1) is 0 Å². The second-order valence-corrected chi connectivity index (χ2v) is 3.41. The summed E-state index contributed by atoms with van der Waals surface area (Å²) in [5.41, 5.74) is 0. The van der Waals surface area contributed by atoms with Crippen molar-refractivity contribution >= 4 is 6.29 Å². The molecule has 1 rings (SSSR count). The van der Waals surface area contributed by atoms with Gasteiger partial charge in [-0.05, 0) is 19.4 Å². The fourth-order valence-electron chi connectivity index (χ4n) is 1.83. The first-order valence-corrected chi connectivity index (χ1v) is 4.70. The molecule has 0 aromatic carbocycles. The molecule has 0 aliphatic carbocycles. The molecule has 0 spiro atoms. The van der Waals surface area contributed by atoms with Crippen molar-refractivity contribution < 1.29 is 13.6 Å². The summed E-state index contributed by atoms with van der Waals surface area (Å²) in [7, 11) is 0. The normalized spacial score (nSPS) is 24.1. The molecule has 1 aliphatic heterocycles. The summed E-state index contributed by atoms with van der Waals surface area (Å²) in [4.78, 5) is 12.3. The first kappa shape index (κ1) is 10.6. The molecule has 1 unspecified atom stereocenters. The third kappa shape index (κ3) is 3.38. The molecule has 1 heterocycles. The van der Waals surface area contributed by atoms with Crippen molar-refractivity contribution in [3.05, 3.63) is 0 Å². The van der Waals surface area contributed by atoms with Crippen LogP contribution in [0.4, 0.5) is 8.78 Å². The molecule has 2 nitrogen and oxygen atoms in total. The molecule has 0 N–H and O–H groups in total. The maximum atomic E-state index is 11.9. The van der Waals surface area contributed by atoms with Gasteiger partial charge in [0.15, 0.2) is 0 Å². The van der Waals surface area contributed by atoms with E-state index < -0.39 is 6.43 Å². The Morgan fingerprint density at radius 2 is 2.31 bits per heavy atom. The number of carbonyl (C=O) groups excluding carboxylic acids is 1. The molecule has 0 radical (unpaired) electrons. The Balaban J connectivity index is 2.26. The van der Waals surface area contributed by atoms with Gasteiger partial charge >= 0.3 is 0 Å². The van der Waals surface area contributed by atoms with Gasteiger partial charge in [0.1, 0.15) is 6.29 Å². The van der Waals surface area contributed by atoms with E-state index in [1.165, 1.54) is 0 Å². The summed E-state index contributed by atoms with van der Waals surface area (Å²) in [5.74, 6) is 0. The minimum atomic E-state index is -2.22. The van der Waals surface area contributed by atoms with Crippen LogP contribution in [0.5, 0.6) is 0 Å². The highest BCUT2D eigenvalue weighted by Gasteiger charge is 2.24. The minimum Gasteiger partial charge on any atom is -0.303 e. The molecule has 0 bridgehead atoms. The van der Waals surface area contributed by atoms with Gasteiger partial charge in [0.2, 0.25) is 6.43 Å². The summed E-state index contributed by atoms with van der Waals surface area (Å²) < 4.78 is 23.8. The fraction of sp³-hybridized carbons (Fsp3) is 0.889. The zero-order valence-electron chi connectivity index (χ0n) is 7.59. The Hall–Kier alpha value is -0.510. The minimum absolute atomic E-state index is 0.0741. The third-order valence-corrected chi connectivity index (χ3v) is 2.50. The van der Waals surface area contributed by atoms with Crippen molar-refractivity contribution in [3.63, 3.8) is 0 Å². The van der Waals surface area contributed by atoms with Crippen molar-refractivity contribution in [2.24, 2.45) is 0 Å². The summed E-state index contributed by atoms with van der Waals surface area (Å²) >= 11 is 0. The third-order valence-electron chi connectivity index (χ3n) is 2.50. The van der Waals surface area contributed by atoms with Gasteiger partial charge in [0, 0.05) is 25.4 Å². The van der Waals surface area contributed by atoms with Gasteiger partial charge in [0.05, 0.1) is 0 Å². The lowest BCUT2D eigenvalue weighted by molar-refractivity contribution is -0.108. The maximum absolute atomic E-state index is 11.9. The SMILES string of the molecule is O=CCC1CCCN1CCC(F)F. The zero-order valence-corrected chi connectivity index (χ0v) is 7.59. The van der Waals surface area contributed by atoms with Crippen LogP contribution in [0.1, 0.15) is 25.7 Å². The van der Waals surface area contributed by atoms with Crippen LogP contribution >= 0.6 is 0 Å². The number of aldehydes is 1. The Bertz CT molecular complexity index is 164. The lowest BCUT2D eigenvalue weighted by Crippen LogP contribution is -2.31. The lowest BCUT2D eigenvalue weighted by atomic mass is 10.1. The molecule has 0 aromatic heterocycles. The van der Waals surface area contributed by atoms with E-state index >= 15 is 0 Å². The fourth-order valence-corrected chi connectivity index (χ4v) is 1.83. The van der Waals surface area contributed by atoms with E-state index in [1.54, 1.807) is 0 Å². The van der Waals surface area contributed by atoms with Gasteiger partial charge in [-0.2, -0.15) is 0 Å². The number of halogens is 2. The first-order chi connectivity index (χ1) is 6.24. The average molecular weight is 191 g/mol. The molecule has 1 aliphatic rings. The molecular formula is C9H15F2NO. The molecule has 0 saturated carbocycles. The van der Waals surface area contributed by atoms with Gasteiger partial charge in [-0.25, -0.2) is 8.78 Å². The lowest BCUT2D eigenvalue weighted by Gasteiger charge is -2.22. The van der Waals surface area contributed by atoms with Crippen LogP contribution in [0.2, 0.25) is 0 Å².